The van der Waals surface area contributed by atoms with Crippen LogP contribution in [0.5, 0.6) is 0 Å². The van der Waals surface area contributed by atoms with Gasteiger partial charge in [-0.25, -0.2) is 9.37 Å². The van der Waals surface area contributed by atoms with Crippen molar-refractivity contribution in [3.63, 3.8) is 0 Å². The first-order chi connectivity index (χ1) is 9.24. The predicted molar refractivity (Wildman–Crippen MR) is 72.2 cm³/mol. The van der Waals surface area contributed by atoms with E-state index in [9.17, 15) is 4.39 Å². The van der Waals surface area contributed by atoms with Crippen molar-refractivity contribution in [3.8, 4) is 0 Å². The highest BCUT2D eigenvalue weighted by Gasteiger charge is 2.14. The molecule has 0 saturated carbocycles. The minimum atomic E-state index is -0.215. The van der Waals surface area contributed by atoms with E-state index in [1.165, 1.54) is 6.07 Å². The fourth-order valence-corrected chi connectivity index (χ4v) is 2.14. The zero-order valence-corrected chi connectivity index (χ0v) is 11.3. The number of halogens is 1. The average Bonchev–Trinajstić information content (AvgIpc) is 2.84. The number of benzene rings is 1. The molecule has 0 saturated heterocycles. The van der Waals surface area contributed by atoms with Gasteiger partial charge in [-0.1, -0.05) is 19.1 Å². The van der Waals surface area contributed by atoms with E-state index in [0.717, 1.165) is 24.4 Å². The Morgan fingerprint density at radius 1 is 1.42 bits per heavy atom. The number of likely N-dealkylation sites (N-methyl/N-ethyl adjacent to an activating group) is 1. The van der Waals surface area contributed by atoms with Gasteiger partial charge in [0.25, 0.3) is 0 Å². The molecule has 0 aliphatic heterocycles. The van der Waals surface area contributed by atoms with Gasteiger partial charge in [0.05, 0.1) is 0 Å². The van der Waals surface area contributed by atoms with Crippen LogP contribution in [-0.2, 0) is 13.0 Å². The van der Waals surface area contributed by atoms with Crippen molar-refractivity contribution < 1.29 is 4.39 Å². The molecule has 0 spiro atoms. The van der Waals surface area contributed by atoms with E-state index >= 15 is 0 Å². The molecule has 2 aromatic rings. The molecule has 0 bridgehead atoms. The summed E-state index contributed by atoms with van der Waals surface area (Å²) in [4.78, 5) is 4.29. The molecular formula is C14H19FN4. The first kappa shape index (κ1) is 13.7. The van der Waals surface area contributed by atoms with E-state index < -0.39 is 0 Å². The summed E-state index contributed by atoms with van der Waals surface area (Å²) < 4.78 is 15.2. The molecule has 0 radical (unpaired) electrons. The normalized spacial score (nSPS) is 12.6. The van der Waals surface area contributed by atoms with Crippen LogP contribution in [0.25, 0.3) is 0 Å². The molecule has 0 aliphatic rings. The lowest BCUT2D eigenvalue weighted by Crippen LogP contribution is -2.21. The molecule has 1 aromatic carbocycles. The lowest BCUT2D eigenvalue weighted by atomic mass is 10.0. The van der Waals surface area contributed by atoms with Gasteiger partial charge in [0, 0.05) is 19.0 Å². The second-order valence-corrected chi connectivity index (χ2v) is 4.50. The van der Waals surface area contributed by atoms with Crippen molar-refractivity contribution in [1.82, 2.24) is 20.1 Å². The Kier molecular flexibility index (Phi) is 4.63. The highest BCUT2D eigenvalue weighted by atomic mass is 19.1. The Morgan fingerprint density at radius 3 is 2.95 bits per heavy atom. The number of nitrogens with one attached hydrogen (secondary N) is 1. The van der Waals surface area contributed by atoms with Gasteiger partial charge in [-0.2, -0.15) is 5.10 Å². The van der Waals surface area contributed by atoms with Gasteiger partial charge < -0.3 is 5.32 Å². The molecule has 1 N–H and O–H groups in total. The first-order valence-corrected chi connectivity index (χ1v) is 6.54. The quantitative estimate of drug-likeness (QED) is 0.869. The van der Waals surface area contributed by atoms with E-state index in [4.69, 9.17) is 0 Å². The third kappa shape index (κ3) is 3.38. The van der Waals surface area contributed by atoms with Gasteiger partial charge >= 0.3 is 0 Å². The van der Waals surface area contributed by atoms with Crippen LogP contribution in [0.4, 0.5) is 4.39 Å². The molecular weight excluding hydrogens is 243 g/mol. The maximum atomic E-state index is 13.3. The third-order valence-corrected chi connectivity index (χ3v) is 3.12. The Bertz CT molecular complexity index is 524. The largest absolute Gasteiger partial charge is 0.313 e. The number of hydrogen-bond donors (Lipinski definition) is 1. The maximum Gasteiger partial charge on any atom is 0.138 e. The molecule has 0 aliphatic carbocycles. The first-order valence-electron chi connectivity index (χ1n) is 6.54. The average molecular weight is 262 g/mol. The number of rotatable bonds is 6. The molecule has 0 fully saturated rings. The summed E-state index contributed by atoms with van der Waals surface area (Å²) in [5.41, 5.74) is 0.925. The fraction of sp³-hybridized carbons (Fsp3) is 0.429. The van der Waals surface area contributed by atoms with Crippen LogP contribution in [0.15, 0.2) is 30.6 Å². The molecule has 4 nitrogen and oxygen atoms in total. The van der Waals surface area contributed by atoms with Gasteiger partial charge in [-0.15, -0.1) is 0 Å². The van der Waals surface area contributed by atoms with Crippen LogP contribution >= 0.6 is 0 Å². The number of nitrogens with zero attached hydrogens (tertiary/aromatic N) is 3. The zero-order chi connectivity index (χ0) is 13.7. The molecule has 0 amide bonds. The fourth-order valence-electron chi connectivity index (χ4n) is 2.14. The maximum absolute atomic E-state index is 13.3. The summed E-state index contributed by atoms with van der Waals surface area (Å²) in [7, 11) is 1.87. The van der Waals surface area contributed by atoms with Crippen LogP contribution in [0.3, 0.4) is 0 Å². The topological polar surface area (TPSA) is 42.7 Å². The smallest absolute Gasteiger partial charge is 0.138 e. The summed E-state index contributed by atoms with van der Waals surface area (Å²) in [6, 6.07) is 6.70. The second kappa shape index (κ2) is 6.43. The summed E-state index contributed by atoms with van der Waals surface area (Å²) in [6.45, 7) is 2.96. The van der Waals surface area contributed by atoms with Crippen molar-refractivity contribution in [2.45, 2.75) is 32.4 Å². The molecule has 1 aromatic heterocycles. The zero-order valence-electron chi connectivity index (χ0n) is 11.3. The molecule has 2 rings (SSSR count). The highest BCUT2D eigenvalue weighted by Crippen LogP contribution is 2.18. The van der Waals surface area contributed by atoms with Crippen LogP contribution in [0.1, 0.15) is 30.8 Å². The van der Waals surface area contributed by atoms with Crippen molar-refractivity contribution in [3.05, 3.63) is 47.8 Å². The minimum Gasteiger partial charge on any atom is -0.313 e. The standard InChI is InChI=1S/C14H19FN4/c1-3-7-19-14(17-10-18-19)9-13(16-2)11-5-4-6-12(15)8-11/h4-6,8,10,13,16H,3,7,9H2,1-2H3. The summed E-state index contributed by atoms with van der Waals surface area (Å²) in [5, 5.41) is 7.41. The highest BCUT2D eigenvalue weighted by molar-refractivity contribution is 5.21. The van der Waals surface area contributed by atoms with Gasteiger partial charge in [0.15, 0.2) is 0 Å². The van der Waals surface area contributed by atoms with Crippen molar-refractivity contribution >= 4 is 0 Å². The SMILES string of the molecule is CCCn1ncnc1CC(NC)c1cccc(F)c1. The molecule has 1 unspecified atom stereocenters. The molecule has 5 heteroatoms. The molecule has 1 heterocycles. The van der Waals surface area contributed by atoms with Crippen LogP contribution in [-0.4, -0.2) is 21.8 Å². The predicted octanol–water partition coefficient (Wildman–Crippen LogP) is 2.33. The van der Waals surface area contributed by atoms with Gasteiger partial charge in [-0.3, -0.25) is 4.68 Å². The number of aromatic nitrogens is 3. The van der Waals surface area contributed by atoms with Gasteiger partial charge in [-0.05, 0) is 31.2 Å². The third-order valence-electron chi connectivity index (χ3n) is 3.12. The Labute approximate surface area is 112 Å². The second-order valence-electron chi connectivity index (χ2n) is 4.50. The van der Waals surface area contributed by atoms with Crippen LogP contribution in [0.2, 0.25) is 0 Å². The summed E-state index contributed by atoms with van der Waals surface area (Å²) in [5.74, 6) is 0.707. The lowest BCUT2D eigenvalue weighted by molar-refractivity contribution is 0.514. The van der Waals surface area contributed by atoms with E-state index in [2.05, 4.69) is 22.3 Å². The van der Waals surface area contributed by atoms with Crippen molar-refractivity contribution in [2.24, 2.45) is 0 Å². The van der Waals surface area contributed by atoms with E-state index in [0.29, 0.717) is 6.42 Å². The lowest BCUT2D eigenvalue weighted by Gasteiger charge is -2.16. The molecule has 1 atom stereocenters. The van der Waals surface area contributed by atoms with Crippen LogP contribution in [0, 0.1) is 5.82 Å². The molecule has 19 heavy (non-hydrogen) atoms. The number of aryl methyl sites for hydroxylation is 1. The Hall–Kier alpha value is -1.75. The van der Waals surface area contributed by atoms with Crippen molar-refractivity contribution in [1.29, 1.82) is 0 Å². The minimum absolute atomic E-state index is 0.0375. The van der Waals surface area contributed by atoms with Crippen molar-refractivity contribution in [2.75, 3.05) is 7.05 Å². The summed E-state index contributed by atoms with van der Waals surface area (Å²) >= 11 is 0. The van der Waals surface area contributed by atoms with E-state index in [-0.39, 0.29) is 11.9 Å². The Morgan fingerprint density at radius 2 is 2.26 bits per heavy atom. The van der Waals surface area contributed by atoms with E-state index in [1.54, 1.807) is 18.5 Å². The Balaban J connectivity index is 2.17. The van der Waals surface area contributed by atoms with Crippen LogP contribution < -0.4 is 5.32 Å². The number of hydrogen-bond acceptors (Lipinski definition) is 3. The summed E-state index contributed by atoms with van der Waals surface area (Å²) in [6.07, 6.45) is 3.28. The molecule has 102 valence electrons. The van der Waals surface area contributed by atoms with E-state index in [1.807, 2.05) is 17.8 Å². The van der Waals surface area contributed by atoms with Gasteiger partial charge in [0.1, 0.15) is 18.0 Å². The monoisotopic (exact) mass is 262 g/mol. The van der Waals surface area contributed by atoms with Gasteiger partial charge in [0.2, 0.25) is 0 Å².